The van der Waals surface area contributed by atoms with E-state index in [0.717, 1.165) is 0 Å². The normalized spacial score (nSPS) is 11.6. The van der Waals surface area contributed by atoms with Gasteiger partial charge >= 0.3 is 73.1 Å². The van der Waals surface area contributed by atoms with E-state index in [9.17, 15) is 0 Å². The Hall–Kier alpha value is 0.939. The van der Waals surface area contributed by atoms with Crippen LogP contribution in [0.5, 0.6) is 0 Å². The van der Waals surface area contributed by atoms with Crippen molar-refractivity contribution in [2.24, 2.45) is 0 Å². The van der Waals surface area contributed by atoms with E-state index in [4.69, 9.17) is 115 Å². The topological polar surface area (TPSA) is 486 Å². The second-order valence-electron chi connectivity index (χ2n) is 3.60. The predicted octanol–water partition coefficient (Wildman–Crippen LogP) is -16.3. The van der Waals surface area contributed by atoms with Crippen LogP contribution in [-0.4, -0.2) is 188 Å². The Morgan fingerprint density at radius 2 is 0.161 bits per heavy atom. The molecule has 0 atom stereocenters. The molecule has 24 nitrogen and oxygen atoms in total. The van der Waals surface area contributed by atoms with Gasteiger partial charge < -0.3 is 115 Å². The second kappa shape index (κ2) is 20.3. The molecule has 194 valence electrons. The van der Waals surface area contributed by atoms with Crippen LogP contribution in [0.2, 0.25) is 0 Å². The molecule has 0 bridgehead atoms. The van der Waals surface area contributed by atoms with E-state index in [1.54, 1.807) is 0 Å². The van der Waals surface area contributed by atoms with Gasteiger partial charge in [0.15, 0.2) is 0 Å². The molecular formula is H25LiO24Si6. The van der Waals surface area contributed by atoms with E-state index in [2.05, 4.69) is 0 Å². The molecule has 0 aliphatic carbocycles. The summed E-state index contributed by atoms with van der Waals surface area (Å²) in [5.74, 6) is 0. The molecule has 31 heavy (non-hydrogen) atoms. The Bertz CT molecular complexity index is 214. The Morgan fingerprint density at radius 3 is 0.161 bits per heavy atom. The van der Waals surface area contributed by atoms with Gasteiger partial charge in [0.05, 0.1) is 0 Å². The van der Waals surface area contributed by atoms with Crippen LogP contribution in [0.1, 0.15) is 0 Å². The molecule has 0 rings (SSSR count). The van der Waals surface area contributed by atoms with E-state index in [1.807, 2.05) is 0 Å². The van der Waals surface area contributed by atoms with Gasteiger partial charge in [-0.15, -0.1) is 0 Å². The molecule has 0 radical (unpaired) electrons. The van der Waals surface area contributed by atoms with Crippen molar-refractivity contribution in [1.29, 1.82) is 0 Å². The molecule has 0 heterocycles. The van der Waals surface area contributed by atoms with Crippen LogP contribution >= 0.6 is 0 Å². The van der Waals surface area contributed by atoms with Crippen LogP contribution in [0.3, 0.4) is 0 Å². The van der Waals surface area contributed by atoms with E-state index < -0.39 is 54.3 Å². The molecule has 0 aromatic heterocycles. The van der Waals surface area contributed by atoms with E-state index in [-0.39, 0.29) is 18.9 Å². The molecular weight excluding hydrogens is 559 g/mol. The third-order valence-corrected chi connectivity index (χ3v) is 0. The zero-order chi connectivity index (χ0) is 27.0. The first-order valence-electron chi connectivity index (χ1n) is 5.37. The van der Waals surface area contributed by atoms with Gasteiger partial charge in [-0.05, 0) is 0 Å². The summed E-state index contributed by atoms with van der Waals surface area (Å²) in [6, 6.07) is 0. The van der Waals surface area contributed by atoms with Crippen molar-refractivity contribution < 1.29 is 115 Å². The van der Waals surface area contributed by atoms with Gasteiger partial charge in [0.2, 0.25) is 0 Å². The SMILES string of the molecule is O[Si](O)(O)O.O[Si](O)(O)O.O[Si](O)(O)O.O[Si](O)(O)O.O[Si](O)(O)O.O[Si](O)(O)O.[LiH]. The van der Waals surface area contributed by atoms with Crippen molar-refractivity contribution in [2.45, 2.75) is 0 Å². The summed E-state index contributed by atoms with van der Waals surface area (Å²) < 4.78 is 0. The number of hydrogen-bond acceptors (Lipinski definition) is 24. The summed E-state index contributed by atoms with van der Waals surface area (Å²) >= 11 is 0. The monoisotopic (exact) mass is 584 g/mol. The Kier molecular flexibility index (Phi) is 32.2. The van der Waals surface area contributed by atoms with Gasteiger partial charge in [0.1, 0.15) is 0 Å². The van der Waals surface area contributed by atoms with Crippen LogP contribution in [0.25, 0.3) is 0 Å². The molecule has 31 heteroatoms. The molecule has 0 spiro atoms. The number of rotatable bonds is 0. The molecule has 0 aromatic rings. The van der Waals surface area contributed by atoms with Crippen molar-refractivity contribution in [3.8, 4) is 0 Å². The quantitative estimate of drug-likeness (QED) is 0.117. The third-order valence-electron chi connectivity index (χ3n) is 0. The van der Waals surface area contributed by atoms with E-state index in [0.29, 0.717) is 0 Å². The van der Waals surface area contributed by atoms with Gasteiger partial charge in [0, 0.05) is 0 Å². The summed E-state index contributed by atoms with van der Waals surface area (Å²) in [6.07, 6.45) is 0. The van der Waals surface area contributed by atoms with Crippen molar-refractivity contribution >= 4 is 73.1 Å². The molecule has 0 aliphatic rings. The van der Waals surface area contributed by atoms with Gasteiger partial charge in [-0.25, -0.2) is 0 Å². The first kappa shape index (κ1) is 49.2. The molecule has 0 amide bonds. The fourth-order valence-electron chi connectivity index (χ4n) is 0. The summed E-state index contributed by atoms with van der Waals surface area (Å²) in [7, 11) is -27.7. The van der Waals surface area contributed by atoms with Gasteiger partial charge in [0.25, 0.3) is 0 Å². The molecule has 0 aromatic carbocycles. The van der Waals surface area contributed by atoms with E-state index >= 15 is 0 Å². The average Bonchev–Trinajstić information content (AvgIpc) is 1.94. The van der Waals surface area contributed by atoms with Crippen LogP contribution in [0.15, 0.2) is 0 Å². The Balaban J connectivity index is -0.0000000443. The molecule has 0 fully saturated rings. The molecule has 24 N–H and O–H groups in total. The predicted molar refractivity (Wildman–Crippen MR) is 94.9 cm³/mol. The first-order valence-corrected chi connectivity index (χ1v) is 16.1. The first-order chi connectivity index (χ1) is 12.0. The van der Waals surface area contributed by atoms with Gasteiger partial charge in [-0.2, -0.15) is 0 Å². The van der Waals surface area contributed by atoms with Gasteiger partial charge in [-0.1, -0.05) is 0 Å². The van der Waals surface area contributed by atoms with E-state index in [1.165, 1.54) is 0 Å². The summed E-state index contributed by atoms with van der Waals surface area (Å²) in [5, 5.41) is 0. The molecule has 0 saturated carbocycles. The zero-order valence-corrected chi connectivity index (χ0v) is 19.7. The summed E-state index contributed by atoms with van der Waals surface area (Å²) in [6.45, 7) is 0. The number of hydrogen-bond donors (Lipinski definition) is 24. The van der Waals surface area contributed by atoms with Crippen molar-refractivity contribution in [1.82, 2.24) is 0 Å². The van der Waals surface area contributed by atoms with Crippen molar-refractivity contribution in [3.63, 3.8) is 0 Å². The zero-order valence-electron chi connectivity index (χ0n) is 13.7. The Morgan fingerprint density at radius 1 is 0.161 bits per heavy atom. The minimum absolute atomic E-state index is 0. The van der Waals surface area contributed by atoms with Crippen LogP contribution in [-0.2, 0) is 0 Å². The average molecular weight is 585 g/mol. The summed E-state index contributed by atoms with van der Waals surface area (Å²) in [5.41, 5.74) is 0. The Labute approximate surface area is 188 Å². The molecule has 0 aliphatic heterocycles. The van der Waals surface area contributed by atoms with Crippen molar-refractivity contribution in [3.05, 3.63) is 0 Å². The standard InChI is InChI=1S/Li.6H4O4Si.H/c;6*1-5(2,3)4;/h;6*1-4H;. The molecule has 0 saturated heterocycles. The minimum atomic E-state index is -4.61. The fourth-order valence-corrected chi connectivity index (χ4v) is 0. The maximum absolute atomic E-state index is 7.33. The van der Waals surface area contributed by atoms with Crippen LogP contribution in [0.4, 0.5) is 0 Å². The maximum atomic E-state index is 7.33. The second-order valence-corrected chi connectivity index (χ2v) is 10.8. The van der Waals surface area contributed by atoms with Gasteiger partial charge in [-0.3, -0.25) is 0 Å². The van der Waals surface area contributed by atoms with Crippen LogP contribution in [0, 0.1) is 0 Å². The van der Waals surface area contributed by atoms with Crippen LogP contribution < -0.4 is 0 Å². The third kappa shape index (κ3) is 29400. The van der Waals surface area contributed by atoms with Crippen molar-refractivity contribution in [2.75, 3.05) is 0 Å². The summed E-state index contributed by atoms with van der Waals surface area (Å²) in [4.78, 5) is 176. The molecule has 0 unspecified atom stereocenters. The fraction of sp³-hybridized carbons (Fsp3) is 0.